The van der Waals surface area contributed by atoms with Gasteiger partial charge in [-0.15, -0.1) is 11.3 Å². The van der Waals surface area contributed by atoms with Crippen molar-refractivity contribution in [2.75, 3.05) is 5.32 Å². The zero-order valence-corrected chi connectivity index (χ0v) is 12.2. The number of nitrogens with one attached hydrogen (secondary N) is 2. The Labute approximate surface area is 127 Å². The summed E-state index contributed by atoms with van der Waals surface area (Å²) in [5.41, 5.74) is 2.27. The van der Waals surface area contributed by atoms with Crippen LogP contribution in [0, 0.1) is 11.3 Å². The van der Waals surface area contributed by atoms with Crippen LogP contribution in [0.25, 0.3) is 0 Å². The maximum Gasteiger partial charge on any atom is 0.251 e. The average molecular weight is 297 g/mol. The predicted octanol–water partition coefficient (Wildman–Crippen LogP) is 3.12. The van der Waals surface area contributed by atoms with E-state index in [-0.39, 0.29) is 5.91 Å². The summed E-state index contributed by atoms with van der Waals surface area (Å²) in [6.45, 7) is 0.653. The molecule has 1 aliphatic carbocycles. The number of nitrogens with zero attached hydrogens (tertiary/aromatic N) is 1. The number of rotatable bonds is 5. The Morgan fingerprint density at radius 2 is 2.24 bits per heavy atom. The quantitative estimate of drug-likeness (QED) is 0.891. The highest BCUT2D eigenvalue weighted by molar-refractivity contribution is 7.10. The third kappa shape index (κ3) is 3.61. The molecule has 1 aromatic heterocycles. The van der Waals surface area contributed by atoms with Crippen LogP contribution in [0.4, 0.5) is 5.69 Å². The van der Waals surface area contributed by atoms with E-state index in [1.807, 2.05) is 35.7 Å². The number of amides is 1. The normalized spacial score (nSPS) is 13.5. The summed E-state index contributed by atoms with van der Waals surface area (Å²) in [5.74, 6) is -0.0101. The molecule has 1 heterocycles. The van der Waals surface area contributed by atoms with Crippen LogP contribution in [0.2, 0.25) is 0 Å². The first-order chi connectivity index (χ1) is 10.2. The monoisotopic (exact) mass is 297 g/mol. The lowest BCUT2D eigenvalue weighted by Crippen LogP contribution is -2.25. The van der Waals surface area contributed by atoms with Crippen LogP contribution >= 0.6 is 11.3 Å². The van der Waals surface area contributed by atoms with Crippen molar-refractivity contribution >= 4 is 22.9 Å². The molecule has 4 nitrogen and oxygen atoms in total. The molecule has 0 saturated heterocycles. The van der Waals surface area contributed by atoms with E-state index in [1.54, 1.807) is 11.3 Å². The van der Waals surface area contributed by atoms with Crippen LogP contribution in [0.5, 0.6) is 0 Å². The predicted molar refractivity (Wildman–Crippen MR) is 83.3 cm³/mol. The molecule has 0 radical (unpaired) electrons. The van der Waals surface area contributed by atoms with E-state index in [2.05, 4.69) is 16.7 Å². The van der Waals surface area contributed by atoms with E-state index < -0.39 is 0 Å². The first-order valence-corrected chi connectivity index (χ1v) is 7.75. The Morgan fingerprint density at radius 1 is 1.38 bits per heavy atom. The summed E-state index contributed by atoms with van der Waals surface area (Å²) in [5, 5.41) is 16.9. The molecule has 0 bridgehead atoms. The zero-order valence-electron chi connectivity index (χ0n) is 11.4. The number of thiophene rings is 1. The van der Waals surface area contributed by atoms with E-state index in [4.69, 9.17) is 5.26 Å². The molecule has 3 rings (SSSR count). The van der Waals surface area contributed by atoms with Gasteiger partial charge in [-0.05, 0) is 37.1 Å². The molecule has 2 N–H and O–H groups in total. The molecule has 1 fully saturated rings. The van der Waals surface area contributed by atoms with Gasteiger partial charge in [-0.1, -0.05) is 6.07 Å². The molecule has 1 saturated carbocycles. The Hall–Kier alpha value is -2.32. The Morgan fingerprint density at radius 3 is 2.95 bits per heavy atom. The summed E-state index contributed by atoms with van der Waals surface area (Å²) in [4.78, 5) is 13.1. The van der Waals surface area contributed by atoms with Crippen LogP contribution in [-0.4, -0.2) is 11.9 Å². The number of nitriles is 1. The Bertz CT molecular complexity index is 698. The lowest BCUT2D eigenvalue weighted by Gasteiger charge is -2.08. The van der Waals surface area contributed by atoms with E-state index in [0.717, 1.165) is 23.4 Å². The highest BCUT2D eigenvalue weighted by atomic mass is 32.1. The van der Waals surface area contributed by atoms with Crippen LogP contribution in [0.3, 0.4) is 0 Å². The van der Waals surface area contributed by atoms with E-state index in [0.29, 0.717) is 23.7 Å². The van der Waals surface area contributed by atoms with Crippen molar-refractivity contribution in [3.8, 4) is 6.07 Å². The van der Waals surface area contributed by atoms with E-state index in [1.165, 1.54) is 0 Å². The average Bonchev–Trinajstić information content (AvgIpc) is 3.20. The minimum atomic E-state index is -0.0101. The molecule has 5 heteroatoms. The van der Waals surface area contributed by atoms with Gasteiger partial charge < -0.3 is 10.6 Å². The molecule has 106 valence electrons. The van der Waals surface area contributed by atoms with Gasteiger partial charge in [0.1, 0.15) is 6.07 Å². The van der Waals surface area contributed by atoms with Crippen LogP contribution < -0.4 is 10.6 Å². The van der Waals surface area contributed by atoms with Gasteiger partial charge in [0, 0.05) is 34.1 Å². The number of anilines is 1. The Kier molecular flexibility index (Phi) is 3.89. The van der Waals surface area contributed by atoms with Crippen molar-refractivity contribution in [2.45, 2.75) is 25.4 Å². The minimum Gasteiger partial charge on any atom is -0.380 e. The molecule has 0 spiro atoms. The maximum atomic E-state index is 12.0. The Balaban J connectivity index is 1.62. The number of carbonyl (C=O) groups excluding carboxylic acids is 1. The van der Waals surface area contributed by atoms with Gasteiger partial charge in [0.2, 0.25) is 0 Å². The second-order valence-corrected chi connectivity index (χ2v) is 6.09. The SMILES string of the molecule is N#Cc1csc(CNc2cccc(C(=O)NC3CC3)c2)c1. The van der Waals surface area contributed by atoms with Crippen molar-refractivity contribution in [1.29, 1.82) is 5.26 Å². The van der Waals surface area contributed by atoms with E-state index >= 15 is 0 Å². The summed E-state index contributed by atoms with van der Waals surface area (Å²) < 4.78 is 0. The van der Waals surface area contributed by atoms with Crippen molar-refractivity contribution in [1.82, 2.24) is 5.32 Å². The lowest BCUT2D eigenvalue weighted by molar-refractivity contribution is 0.0951. The zero-order chi connectivity index (χ0) is 14.7. The van der Waals surface area contributed by atoms with Gasteiger partial charge in [0.05, 0.1) is 5.56 Å². The largest absolute Gasteiger partial charge is 0.380 e. The summed E-state index contributed by atoms with van der Waals surface area (Å²) in [6.07, 6.45) is 2.17. The first-order valence-electron chi connectivity index (χ1n) is 6.87. The van der Waals surface area contributed by atoms with Gasteiger partial charge in [-0.25, -0.2) is 0 Å². The number of carbonyl (C=O) groups is 1. The fourth-order valence-electron chi connectivity index (χ4n) is 1.99. The van der Waals surface area contributed by atoms with Gasteiger partial charge in [0.15, 0.2) is 0 Å². The van der Waals surface area contributed by atoms with Crippen LogP contribution in [-0.2, 0) is 6.54 Å². The molecular weight excluding hydrogens is 282 g/mol. The molecule has 1 aliphatic rings. The first kappa shape index (κ1) is 13.7. The summed E-state index contributed by atoms with van der Waals surface area (Å²) >= 11 is 1.56. The van der Waals surface area contributed by atoms with Gasteiger partial charge in [-0.3, -0.25) is 4.79 Å². The lowest BCUT2D eigenvalue weighted by atomic mass is 10.2. The molecule has 0 atom stereocenters. The van der Waals surface area contributed by atoms with Gasteiger partial charge >= 0.3 is 0 Å². The smallest absolute Gasteiger partial charge is 0.251 e. The van der Waals surface area contributed by atoms with Crippen LogP contribution in [0.15, 0.2) is 35.7 Å². The minimum absolute atomic E-state index is 0.0101. The fourth-order valence-corrected chi connectivity index (χ4v) is 2.74. The molecule has 1 amide bonds. The molecule has 21 heavy (non-hydrogen) atoms. The topological polar surface area (TPSA) is 64.9 Å². The molecular formula is C16H15N3OS. The van der Waals surface area contributed by atoms with Crippen molar-refractivity contribution in [3.05, 3.63) is 51.7 Å². The second-order valence-electron chi connectivity index (χ2n) is 5.10. The highest BCUT2D eigenvalue weighted by Gasteiger charge is 2.23. The third-order valence-electron chi connectivity index (χ3n) is 3.29. The van der Waals surface area contributed by atoms with Crippen molar-refractivity contribution < 1.29 is 4.79 Å². The van der Waals surface area contributed by atoms with E-state index in [9.17, 15) is 4.79 Å². The number of benzene rings is 1. The van der Waals surface area contributed by atoms with Crippen LogP contribution in [0.1, 0.15) is 33.6 Å². The summed E-state index contributed by atoms with van der Waals surface area (Å²) in [6, 6.07) is 11.9. The second kappa shape index (κ2) is 5.98. The number of hydrogen-bond acceptors (Lipinski definition) is 4. The number of hydrogen-bond donors (Lipinski definition) is 2. The molecule has 0 unspecified atom stereocenters. The standard InChI is InChI=1S/C16H15N3OS/c17-8-11-6-15(21-10-11)9-18-14-3-1-2-12(7-14)16(20)19-13-4-5-13/h1-3,6-7,10,13,18H,4-5,9H2,(H,19,20). The van der Waals surface area contributed by atoms with Gasteiger partial charge in [-0.2, -0.15) is 5.26 Å². The highest BCUT2D eigenvalue weighted by Crippen LogP contribution is 2.20. The van der Waals surface area contributed by atoms with Crippen molar-refractivity contribution in [2.24, 2.45) is 0 Å². The van der Waals surface area contributed by atoms with Gasteiger partial charge in [0.25, 0.3) is 5.91 Å². The molecule has 1 aromatic carbocycles. The molecule has 2 aromatic rings. The maximum absolute atomic E-state index is 12.0. The third-order valence-corrected chi connectivity index (χ3v) is 4.22. The summed E-state index contributed by atoms with van der Waals surface area (Å²) in [7, 11) is 0. The van der Waals surface area contributed by atoms with Crippen molar-refractivity contribution in [3.63, 3.8) is 0 Å². The fraction of sp³-hybridized carbons (Fsp3) is 0.250. The molecule has 0 aliphatic heterocycles.